The van der Waals surface area contributed by atoms with Gasteiger partial charge in [0.1, 0.15) is 12.4 Å². The molecule has 2 heterocycles. The largest absolute Gasteiger partial charge is 0.488 e. The predicted molar refractivity (Wildman–Crippen MR) is 106 cm³/mol. The number of hydrogen-bond donors (Lipinski definition) is 2. The fourth-order valence-electron chi connectivity index (χ4n) is 3.41. The van der Waals surface area contributed by atoms with Gasteiger partial charge in [0.25, 0.3) is 5.91 Å². The summed E-state index contributed by atoms with van der Waals surface area (Å²) in [7, 11) is 0. The molecule has 2 aliphatic heterocycles. The van der Waals surface area contributed by atoms with Gasteiger partial charge in [-0.3, -0.25) is 9.59 Å². The van der Waals surface area contributed by atoms with Gasteiger partial charge in [-0.15, -0.1) is 0 Å². The van der Waals surface area contributed by atoms with Crippen molar-refractivity contribution in [1.82, 2.24) is 5.32 Å². The first-order valence-corrected chi connectivity index (χ1v) is 9.28. The number of nitrogens with zero attached hydrogens (tertiary/aromatic N) is 1. The second-order valence-electron chi connectivity index (χ2n) is 7.04. The minimum atomic E-state index is -1.58. The molecule has 0 saturated carbocycles. The highest BCUT2D eigenvalue weighted by atomic mass is 16.7. The fraction of sp³-hybridized carbons (Fsp3) is 0.227. The van der Waals surface area contributed by atoms with Crippen molar-refractivity contribution in [2.75, 3.05) is 6.61 Å². The predicted octanol–water partition coefficient (Wildman–Crippen LogP) is 2.77. The molecule has 1 unspecified atom stereocenters. The van der Waals surface area contributed by atoms with Crippen LogP contribution in [0.1, 0.15) is 24.0 Å². The van der Waals surface area contributed by atoms with E-state index in [1.54, 1.807) is 0 Å². The first-order valence-electron chi connectivity index (χ1n) is 9.28. The number of carboxylic acid groups (broad SMARTS) is 1. The Labute approximate surface area is 167 Å². The standard InChI is InChI=1S/C22H20N2O5/c25-20(26)12-22(21(27)23-13-15-6-2-1-3-7-15)11-18(24-29-22)17-10-16-8-4-5-9-19(16)28-14-17/h1-10H,11-14H2,(H,23,27)(H,25,26). The maximum atomic E-state index is 12.9. The summed E-state index contributed by atoms with van der Waals surface area (Å²) in [6, 6.07) is 17.0. The van der Waals surface area contributed by atoms with Crippen LogP contribution in [0.25, 0.3) is 6.08 Å². The molecule has 1 amide bonds. The Hall–Kier alpha value is -3.61. The van der Waals surface area contributed by atoms with E-state index >= 15 is 0 Å². The van der Waals surface area contributed by atoms with Crippen molar-refractivity contribution in [3.63, 3.8) is 0 Å². The first-order chi connectivity index (χ1) is 14.1. The number of hydrogen-bond acceptors (Lipinski definition) is 5. The van der Waals surface area contributed by atoms with E-state index in [0.29, 0.717) is 5.71 Å². The van der Waals surface area contributed by atoms with Crippen molar-refractivity contribution in [2.24, 2.45) is 5.16 Å². The molecule has 0 aromatic heterocycles. The number of ether oxygens (including phenoxy) is 1. The molecule has 4 rings (SSSR count). The van der Waals surface area contributed by atoms with Gasteiger partial charge in [-0.05, 0) is 17.7 Å². The Bertz CT molecular complexity index is 999. The zero-order chi connectivity index (χ0) is 20.3. The van der Waals surface area contributed by atoms with Crippen LogP contribution in [0, 0.1) is 0 Å². The Balaban J connectivity index is 1.51. The molecule has 0 saturated heterocycles. The molecule has 0 spiro atoms. The summed E-state index contributed by atoms with van der Waals surface area (Å²) in [6.45, 7) is 0.562. The van der Waals surface area contributed by atoms with E-state index in [1.165, 1.54) is 0 Å². The maximum Gasteiger partial charge on any atom is 0.308 e. The van der Waals surface area contributed by atoms with E-state index < -0.39 is 23.9 Å². The second-order valence-corrected chi connectivity index (χ2v) is 7.04. The third-order valence-electron chi connectivity index (χ3n) is 4.93. The summed E-state index contributed by atoms with van der Waals surface area (Å²) in [5.41, 5.74) is 1.53. The highest BCUT2D eigenvalue weighted by Crippen LogP contribution is 2.34. The summed E-state index contributed by atoms with van der Waals surface area (Å²) < 4.78 is 5.74. The number of rotatable bonds is 6. The number of nitrogens with one attached hydrogen (secondary N) is 1. The summed E-state index contributed by atoms with van der Waals surface area (Å²) in [6.07, 6.45) is 1.52. The smallest absolute Gasteiger partial charge is 0.308 e. The molecule has 0 radical (unpaired) electrons. The van der Waals surface area contributed by atoms with Gasteiger partial charge in [0.2, 0.25) is 5.60 Å². The minimum Gasteiger partial charge on any atom is -0.488 e. The molecule has 2 aliphatic rings. The van der Waals surface area contributed by atoms with Gasteiger partial charge in [0.15, 0.2) is 0 Å². The number of oxime groups is 1. The van der Waals surface area contributed by atoms with E-state index in [0.717, 1.165) is 22.4 Å². The van der Waals surface area contributed by atoms with Crippen LogP contribution in [0.15, 0.2) is 65.3 Å². The number of carboxylic acids is 1. The van der Waals surface area contributed by atoms with E-state index in [1.807, 2.05) is 60.7 Å². The number of carbonyl (C=O) groups excluding carboxylic acids is 1. The monoisotopic (exact) mass is 392 g/mol. The van der Waals surface area contributed by atoms with Crippen molar-refractivity contribution >= 4 is 23.7 Å². The van der Waals surface area contributed by atoms with Crippen molar-refractivity contribution in [3.8, 4) is 5.75 Å². The van der Waals surface area contributed by atoms with Crippen molar-refractivity contribution in [1.29, 1.82) is 0 Å². The molecule has 148 valence electrons. The fourth-order valence-corrected chi connectivity index (χ4v) is 3.41. The average Bonchev–Trinajstić information content (AvgIpc) is 3.17. The van der Waals surface area contributed by atoms with Gasteiger partial charge in [0.05, 0.1) is 12.1 Å². The summed E-state index contributed by atoms with van der Waals surface area (Å²) in [4.78, 5) is 29.8. The highest BCUT2D eigenvalue weighted by molar-refractivity contribution is 6.09. The molecule has 0 aliphatic carbocycles. The average molecular weight is 392 g/mol. The molecule has 0 fully saturated rings. The molecular formula is C22H20N2O5. The number of fused-ring (bicyclic) bond motifs is 1. The van der Waals surface area contributed by atoms with Gasteiger partial charge >= 0.3 is 5.97 Å². The minimum absolute atomic E-state index is 0.0667. The van der Waals surface area contributed by atoms with E-state index in [9.17, 15) is 14.7 Å². The summed E-state index contributed by atoms with van der Waals surface area (Å²) in [5, 5.41) is 16.2. The van der Waals surface area contributed by atoms with E-state index in [-0.39, 0.29) is 19.6 Å². The van der Waals surface area contributed by atoms with Crippen LogP contribution in [0.5, 0.6) is 5.75 Å². The summed E-state index contributed by atoms with van der Waals surface area (Å²) >= 11 is 0. The first kappa shape index (κ1) is 18.7. The topological polar surface area (TPSA) is 97.2 Å². The second kappa shape index (κ2) is 7.79. The van der Waals surface area contributed by atoms with Gasteiger partial charge < -0.3 is 20.0 Å². The Morgan fingerprint density at radius 1 is 1.10 bits per heavy atom. The zero-order valence-corrected chi connectivity index (χ0v) is 15.6. The Morgan fingerprint density at radius 3 is 2.66 bits per heavy atom. The van der Waals surface area contributed by atoms with Crippen molar-refractivity contribution in [2.45, 2.75) is 25.0 Å². The lowest BCUT2D eigenvalue weighted by molar-refractivity contribution is -0.156. The summed E-state index contributed by atoms with van der Waals surface area (Å²) in [5.74, 6) is -0.857. The lowest BCUT2D eigenvalue weighted by Gasteiger charge is -2.24. The number of amides is 1. The van der Waals surface area contributed by atoms with Gasteiger partial charge in [0, 0.05) is 24.1 Å². The Kier molecular flexibility index (Phi) is 5.03. The van der Waals surface area contributed by atoms with E-state index in [4.69, 9.17) is 9.57 Å². The van der Waals surface area contributed by atoms with Crippen molar-refractivity contribution in [3.05, 3.63) is 71.3 Å². The maximum absolute atomic E-state index is 12.9. The van der Waals surface area contributed by atoms with Crippen LogP contribution in [0.3, 0.4) is 0 Å². The van der Waals surface area contributed by atoms with Crippen molar-refractivity contribution < 1.29 is 24.3 Å². The molecule has 7 heteroatoms. The van der Waals surface area contributed by atoms with Gasteiger partial charge in [-0.1, -0.05) is 53.7 Å². The number of carbonyl (C=O) groups is 2. The van der Waals surface area contributed by atoms with Crippen LogP contribution in [-0.2, 0) is 21.0 Å². The quantitative estimate of drug-likeness (QED) is 0.788. The number of aliphatic carboxylic acids is 1. The third kappa shape index (κ3) is 3.99. The van der Waals surface area contributed by atoms with Crippen LogP contribution in [-0.4, -0.2) is 34.9 Å². The lowest BCUT2D eigenvalue weighted by Crippen LogP contribution is -2.48. The molecule has 29 heavy (non-hydrogen) atoms. The molecule has 2 N–H and O–H groups in total. The molecule has 1 atom stereocenters. The number of para-hydroxylation sites is 1. The molecule has 2 aromatic carbocycles. The van der Waals surface area contributed by atoms with Crippen LogP contribution in [0.4, 0.5) is 0 Å². The van der Waals surface area contributed by atoms with Gasteiger partial charge in [-0.25, -0.2) is 0 Å². The lowest BCUT2D eigenvalue weighted by atomic mass is 9.89. The Morgan fingerprint density at radius 2 is 1.86 bits per heavy atom. The SMILES string of the molecule is O=C(O)CC1(C(=O)NCc2ccccc2)CC(C2=Cc3ccccc3OC2)=NO1. The van der Waals surface area contributed by atoms with Crippen LogP contribution in [0.2, 0.25) is 0 Å². The third-order valence-corrected chi connectivity index (χ3v) is 4.93. The zero-order valence-electron chi connectivity index (χ0n) is 15.6. The molecule has 2 aromatic rings. The van der Waals surface area contributed by atoms with E-state index in [2.05, 4.69) is 10.5 Å². The number of benzene rings is 2. The van der Waals surface area contributed by atoms with Crippen LogP contribution >= 0.6 is 0 Å². The highest BCUT2D eigenvalue weighted by Gasteiger charge is 2.49. The molecular weight excluding hydrogens is 372 g/mol. The normalized spacial score (nSPS) is 19.9. The van der Waals surface area contributed by atoms with Crippen LogP contribution < -0.4 is 10.1 Å². The van der Waals surface area contributed by atoms with Gasteiger partial charge in [-0.2, -0.15) is 0 Å². The molecule has 7 nitrogen and oxygen atoms in total. The molecule has 0 bridgehead atoms.